The number of benzene rings is 2. The smallest absolute Gasteiger partial charge is 0.184 e. The van der Waals surface area contributed by atoms with Gasteiger partial charge in [0, 0.05) is 22.2 Å². The first kappa shape index (κ1) is 18.2. The second-order valence-corrected chi connectivity index (χ2v) is 9.39. The van der Waals surface area contributed by atoms with E-state index < -0.39 is 0 Å². The van der Waals surface area contributed by atoms with Crippen LogP contribution in [0.15, 0.2) is 58.9 Å². The Morgan fingerprint density at radius 3 is 2.67 bits per heavy atom. The van der Waals surface area contributed by atoms with Gasteiger partial charge in [-0.3, -0.25) is 4.79 Å². The minimum Gasteiger partial charge on any atom is -0.358 e. The molecule has 0 fully saturated rings. The van der Waals surface area contributed by atoms with Crippen LogP contribution in [-0.4, -0.2) is 25.8 Å². The molecule has 0 aliphatic rings. The van der Waals surface area contributed by atoms with Crippen LogP contribution < -0.4 is 0 Å². The van der Waals surface area contributed by atoms with Crippen LogP contribution in [0.1, 0.15) is 23.0 Å². The van der Waals surface area contributed by atoms with E-state index in [1.54, 1.807) is 4.68 Å². The van der Waals surface area contributed by atoms with Crippen molar-refractivity contribution < 1.29 is 4.79 Å². The summed E-state index contributed by atoms with van der Waals surface area (Å²) in [4.78, 5) is 16.4. The van der Waals surface area contributed by atoms with Crippen molar-refractivity contribution in [1.82, 2.24) is 14.8 Å². The number of aryl methyl sites for hydroxylation is 1. The van der Waals surface area contributed by atoms with Gasteiger partial charge in [0.15, 0.2) is 14.1 Å². The van der Waals surface area contributed by atoms with Crippen LogP contribution in [0, 0.1) is 10.9 Å². The van der Waals surface area contributed by atoms with Gasteiger partial charge in [-0.25, -0.2) is 4.68 Å². The average molecular weight is 412 g/mol. The third kappa shape index (κ3) is 3.50. The fourth-order valence-electron chi connectivity index (χ4n) is 3.04. The van der Waals surface area contributed by atoms with Crippen molar-refractivity contribution in [2.45, 2.75) is 23.4 Å². The van der Waals surface area contributed by atoms with Crippen LogP contribution in [0.25, 0.3) is 16.6 Å². The Bertz CT molecular complexity index is 1170. The molecule has 2 aromatic heterocycles. The standard InChI is InChI=1S/C20H17N3OS3/c1-12-17(15-10-6-7-11-16(15)21-12)18(24)13(2)26-19-22-23(20(25)27-19)14-8-4-3-5-9-14/h3-11,13,21H,1-2H3. The lowest BCUT2D eigenvalue weighted by molar-refractivity contribution is 0.0995. The number of aromatic nitrogens is 3. The Labute approximate surface area is 170 Å². The summed E-state index contributed by atoms with van der Waals surface area (Å²) < 4.78 is 3.21. The van der Waals surface area contributed by atoms with Gasteiger partial charge in [0.1, 0.15) is 0 Å². The normalized spacial score (nSPS) is 12.4. The van der Waals surface area contributed by atoms with Gasteiger partial charge in [-0.1, -0.05) is 59.5 Å². The lowest BCUT2D eigenvalue weighted by Crippen LogP contribution is -2.14. The predicted octanol–water partition coefficient (Wildman–Crippen LogP) is 5.82. The molecule has 0 spiro atoms. The summed E-state index contributed by atoms with van der Waals surface area (Å²) in [7, 11) is 0. The number of H-pyrrole nitrogens is 1. The first-order chi connectivity index (χ1) is 13.0. The first-order valence-electron chi connectivity index (χ1n) is 8.48. The van der Waals surface area contributed by atoms with Crippen molar-refractivity contribution in [2.24, 2.45) is 0 Å². The number of carbonyl (C=O) groups excluding carboxylic acids is 1. The minimum absolute atomic E-state index is 0.0994. The number of rotatable bonds is 5. The summed E-state index contributed by atoms with van der Waals surface area (Å²) in [5.74, 6) is 0.0994. The lowest BCUT2D eigenvalue weighted by atomic mass is 10.1. The lowest BCUT2D eigenvalue weighted by Gasteiger charge is -2.08. The number of hydrogen-bond acceptors (Lipinski definition) is 5. The fraction of sp³-hybridized carbons (Fsp3) is 0.150. The Balaban J connectivity index is 1.61. The summed E-state index contributed by atoms with van der Waals surface area (Å²) in [6.07, 6.45) is 0. The van der Waals surface area contributed by atoms with Gasteiger partial charge < -0.3 is 4.98 Å². The minimum atomic E-state index is -0.257. The van der Waals surface area contributed by atoms with E-state index in [1.165, 1.54) is 23.1 Å². The molecule has 4 nitrogen and oxygen atoms in total. The molecule has 27 heavy (non-hydrogen) atoms. The van der Waals surface area contributed by atoms with Gasteiger partial charge in [-0.2, -0.15) is 0 Å². The van der Waals surface area contributed by atoms with E-state index in [0.717, 1.165) is 32.2 Å². The van der Waals surface area contributed by atoms with Crippen molar-refractivity contribution in [3.63, 3.8) is 0 Å². The van der Waals surface area contributed by atoms with Crippen molar-refractivity contribution >= 4 is 52.0 Å². The van der Waals surface area contributed by atoms with Crippen molar-refractivity contribution in [2.75, 3.05) is 0 Å². The number of para-hydroxylation sites is 2. The monoisotopic (exact) mass is 411 g/mol. The molecule has 1 atom stereocenters. The SMILES string of the molecule is Cc1[nH]c2ccccc2c1C(=O)C(C)Sc1nn(-c2ccccc2)c(=S)s1. The number of nitrogens with one attached hydrogen (secondary N) is 1. The zero-order valence-corrected chi connectivity index (χ0v) is 17.3. The highest BCUT2D eigenvalue weighted by Gasteiger charge is 2.23. The van der Waals surface area contributed by atoms with E-state index in [0.29, 0.717) is 3.95 Å². The first-order valence-corrected chi connectivity index (χ1v) is 10.6. The molecule has 7 heteroatoms. The molecule has 0 saturated carbocycles. The summed E-state index contributed by atoms with van der Waals surface area (Å²) in [6.45, 7) is 3.87. The summed E-state index contributed by atoms with van der Waals surface area (Å²) in [5, 5.41) is 5.31. The molecule has 0 saturated heterocycles. The van der Waals surface area contributed by atoms with Gasteiger partial charge in [0.05, 0.1) is 10.9 Å². The highest BCUT2D eigenvalue weighted by Crippen LogP contribution is 2.32. The zero-order chi connectivity index (χ0) is 19.0. The molecule has 0 aliphatic carbocycles. The highest BCUT2D eigenvalue weighted by molar-refractivity contribution is 8.02. The Hall–Kier alpha value is -2.22. The van der Waals surface area contributed by atoms with Gasteiger partial charge in [0.25, 0.3) is 0 Å². The maximum atomic E-state index is 13.1. The fourth-order valence-corrected chi connectivity index (χ4v) is 5.61. The molecule has 0 bridgehead atoms. The van der Waals surface area contributed by atoms with Crippen LogP contribution >= 0.6 is 35.3 Å². The number of Topliss-reactive ketones (excluding diaryl/α,β-unsaturated/α-hetero) is 1. The van der Waals surface area contributed by atoms with Crippen LogP contribution in [0.3, 0.4) is 0 Å². The quantitative estimate of drug-likeness (QED) is 0.255. The van der Waals surface area contributed by atoms with Gasteiger partial charge in [-0.15, -0.1) is 5.10 Å². The maximum Gasteiger partial charge on any atom is 0.184 e. The molecule has 1 N–H and O–H groups in total. The van der Waals surface area contributed by atoms with E-state index in [-0.39, 0.29) is 11.0 Å². The van der Waals surface area contributed by atoms with E-state index in [2.05, 4.69) is 10.1 Å². The van der Waals surface area contributed by atoms with E-state index in [1.807, 2.05) is 68.4 Å². The molecule has 0 radical (unpaired) electrons. The van der Waals surface area contributed by atoms with Crippen LogP contribution in [-0.2, 0) is 0 Å². The third-order valence-electron chi connectivity index (χ3n) is 4.32. The number of aromatic amines is 1. The molecule has 0 amide bonds. The highest BCUT2D eigenvalue weighted by atomic mass is 32.2. The summed E-state index contributed by atoms with van der Waals surface area (Å²) >= 11 is 8.34. The van der Waals surface area contributed by atoms with E-state index in [4.69, 9.17) is 12.2 Å². The molecule has 2 aromatic carbocycles. The van der Waals surface area contributed by atoms with Gasteiger partial charge in [0.2, 0.25) is 0 Å². The van der Waals surface area contributed by atoms with Gasteiger partial charge >= 0.3 is 0 Å². The molecule has 136 valence electrons. The van der Waals surface area contributed by atoms with Crippen LogP contribution in [0.4, 0.5) is 0 Å². The molecule has 0 aliphatic heterocycles. The molecule has 4 aromatic rings. The van der Waals surface area contributed by atoms with E-state index >= 15 is 0 Å². The number of fused-ring (bicyclic) bond motifs is 1. The number of hydrogen-bond donors (Lipinski definition) is 1. The Morgan fingerprint density at radius 2 is 1.89 bits per heavy atom. The molecular formula is C20H17N3OS3. The number of carbonyl (C=O) groups is 1. The number of ketones is 1. The Kier molecular flexibility index (Phi) is 4.99. The van der Waals surface area contributed by atoms with Crippen molar-refractivity contribution in [1.29, 1.82) is 0 Å². The molecule has 2 heterocycles. The second kappa shape index (κ2) is 7.42. The summed E-state index contributed by atoms with van der Waals surface area (Å²) in [5.41, 5.74) is 3.57. The van der Waals surface area contributed by atoms with Crippen molar-refractivity contribution in [3.05, 3.63) is 69.8 Å². The molecule has 1 unspecified atom stereocenters. The molecule has 4 rings (SSSR count). The third-order valence-corrected chi connectivity index (χ3v) is 6.73. The average Bonchev–Trinajstić information content (AvgIpc) is 3.20. The zero-order valence-electron chi connectivity index (χ0n) is 14.8. The van der Waals surface area contributed by atoms with Gasteiger partial charge in [-0.05, 0) is 44.3 Å². The molecular weight excluding hydrogens is 394 g/mol. The maximum absolute atomic E-state index is 13.1. The second-order valence-electron chi connectivity index (χ2n) is 6.18. The summed E-state index contributed by atoms with van der Waals surface area (Å²) in [6, 6.07) is 17.7. The van der Waals surface area contributed by atoms with E-state index in [9.17, 15) is 4.79 Å². The largest absolute Gasteiger partial charge is 0.358 e. The number of nitrogens with zero attached hydrogens (tertiary/aromatic N) is 2. The Morgan fingerprint density at radius 1 is 1.19 bits per heavy atom. The van der Waals surface area contributed by atoms with Crippen LogP contribution in [0.5, 0.6) is 0 Å². The van der Waals surface area contributed by atoms with Crippen molar-refractivity contribution in [3.8, 4) is 5.69 Å². The number of thioether (sulfide) groups is 1. The predicted molar refractivity (Wildman–Crippen MR) is 115 cm³/mol. The van der Waals surface area contributed by atoms with Crippen LogP contribution in [0.2, 0.25) is 0 Å². The topological polar surface area (TPSA) is 50.7 Å².